The molecule has 0 aliphatic rings. The third kappa shape index (κ3) is 4.10. The van der Waals surface area contributed by atoms with Crippen LogP contribution in [0, 0.1) is 0 Å². The Bertz CT molecular complexity index is 650. The minimum absolute atomic E-state index is 0.0385. The zero-order valence-corrected chi connectivity index (χ0v) is 14.1. The Kier molecular flexibility index (Phi) is 5.76. The number of nitrogens with zero attached hydrogens (tertiary/aromatic N) is 3. The molecule has 23 heavy (non-hydrogen) atoms. The van der Waals surface area contributed by atoms with E-state index in [2.05, 4.69) is 5.10 Å². The molecule has 0 unspecified atom stereocenters. The summed E-state index contributed by atoms with van der Waals surface area (Å²) in [6, 6.07) is 7.73. The average Bonchev–Trinajstić information content (AvgIpc) is 2.93. The molecule has 1 aromatic carbocycles. The van der Waals surface area contributed by atoms with Gasteiger partial charge in [-0.15, -0.1) is 0 Å². The maximum absolute atomic E-state index is 12.8. The molecule has 0 saturated heterocycles. The van der Waals surface area contributed by atoms with Crippen LogP contribution in [0.5, 0.6) is 5.75 Å². The summed E-state index contributed by atoms with van der Waals surface area (Å²) >= 11 is 0. The number of aryl methyl sites for hydroxylation is 1. The standard InChI is InChI=1S/C17H23N3O3/c1-5-20(10-13-6-8-14(23-4)9-7-13)17(21)15-11-19(2)18-16(15)12-22-3/h6-9,11H,5,10,12H2,1-4H3. The second-order valence-electron chi connectivity index (χ2n) is 5.26. The molecule has 0 fully saturated rings. The molecule has 2 rings (SSSR count). The summed E-state index contributed by atoms with van der Waals surface area (Å²) < 4.78 is 11.9. The summed E-state index contributed by atoms with van der Waals surface area (Å²) in [5, 5.41) is 4.30. The number of carbonyl (C=O) groups excluding carboxylic acids is 1. The molecule has 1 amide bonds. The molecule has 1 aromatic heterocycles. The minimum atomic E-state index is -0.0385. The van der Waals surface area contributed by atoms with Crippen LogP contribution >= 0.6 is 0 Å². The van der Waals surface area contributed by atoms with Crippen molar-refractivity contribution in [1.29, 1.82) is 0 Å². The Hall–Kier alpha value is -2.34. The Morgan fingerprint density at radius 1 is 1.26 bits per heavy atom. The fourth-order valence-electron chi connectivity index (χ4n) is 2.41. The van der Waals surface area contributed by atoms with E-state index in [0.717, 1.165) is 11.3 Å². The van der Waals surface area contributed by atoms with Gasteiger partial charge in [-0.3, -0.25) is 9.48 Å². The van der Waals surface area contributed by atoms with E-state index in [9.17, 15) is 4.79 Å². The molecular weight excluding hydrogens is 294 g/mol. The van der Waals surface area contributed by atoms with Crippen molar-refractivity contribution in [2.24, 2.45) is 7.05 Å². The zero-order valence-electron chi connectivity index (χ0n) is 14.1. The normalized spacial score (nSPS) is 10.6. The van der Waals surface area contributed by atoms with Crippen molar-refractivity contribution in [2.45, 2.75) is 20.1 Å². The van der Waals surface area contributed by atoms with E-state index in [1.54, 1.807) is 37.0 Å². The number of carbonyl (C=O) groups is 1. The molecule has 0 saturated carbocycles. The van der Waals surface area contributed by atoms with Crippen LogP contribution in [-0.2, 0) is 24.9 Å². The van der Waals surface area contributed by atoms with Crippen LogP contribution in [0.25, 0.3) is 0 Å². The van der Waals surface area contributed by atoms with Gasteiger partial charge in [0.2, 0.25) is 0 Å². The molecule has 124 valence electrons. The lowest BCUT2D eigenvalue weighted by Crippen LogP contribution is -2.30. The van der Waals surface area contributed by atoms with Gasteiger partial charge < -0.3 is 14.4 Å². The second-order valence-corrected chi connectivity index (χ2v) is 5.26. The van der Waals surface area contributed by atoms with Gasteiger partial charge in [0.25, 0.3) is 5.91 Å². The average molecular weight is 317 g/mol. The second kappa shape index (κ2) is 7.78. The van der Waals surface area contributed by atoms with E-state index in [1.807, 2.05) is 31.2 Å². The number of hydrogen-bond donors (Lipinski definition) is 0. The van der Waals surface area contributed by atoms with Crippen LogP contribution in [0.2, 0.25) is 0 Å². The maximum Gasteiger partial charge on any atom is 0.257 e. The zero-order chi connectivity index (χ0) is 16.8. The van der Waals surface area contributed by atoms with Crippen molar-refractivity contribution >= 4 is 5.91 Å². The Balaban J connectivity index is 2.17. The van der Waals surface area contributed by atoms with Gasteiger partial charge in [0.15, 0.2) is 0 Å². The van der Waals surface area contributed by atoms with Crippen molar-refractivity contribution < 1.29 is 14.3 Å². The summed E-state index contributed by atoms with van der Waals surface area (Å²) in [6.45, 7) is 3.45. The first-order chi connectivity index (χ1) is 11.1. The van der Waals surface area contributed by atoms with Crippen molar-refractivity contribution in [3.05, 3.63) is 47.3 Å². The highest BCUT2D eigenvalue weighted by molar-refractivity contribution is 5.95. The monoisotopic (exact) mass is 317 g/mol. The minimum Gasteiger partial charge on any atom is -0.497 e. The van der Waals surface area contributed by atoms with E-state index in [-0.39, 0.29) is 5.91 Å². The van der Waals surface area contributed by atoms with Crippen molar-refractivity contribution in [2.75, 3.05) is 20.8 Å². The molecule has 2 aromatic rings. The van der Waals surface area contributed by atoms with Gasteiger partial charge in [-0.05, 0) is 24.6 Å². The fraction of sp³-hybridized carbons (Fsp3) is 0.412. The van der Waals surface area contributed by atoms with Gasteiger partial charge in [-0.2, -0.15) is 5.10 Å². The Morgan fingerprint density at radius 2 is 1.96 bits per heavy atom. The topological polar surface area (TPSA) is 56.6 Å². The third-order valence-electron chi connectivity index (χ3n) is 3.62. The van der Waals surface area contributed by atoms with Crippen molar-refractivity contribution in [1.82, 2.24) is 14.7 Å². The van der Waals surface area contributed by atoms with Crippen LogP contribution in [-0.4, -0.2) is 41.4 Å². The molecule has 0 aliphatic carbocycles. The molecule has 6 heteroatoms. The van der Waals surface area contributed by atoms with Crippen LogP contribution in [0.1, 0.15) is 28.5 Å². The predicted molar refractivity (Wildman–Crippen MR) is 87.3 cm³/mol. The smallest absolute Gasteiger partial charge is 0.257 e. The van der Waals surface area contributed by atoms with Crippen molar-refractivity contribution in [3.63, 3.8) is 0 Å². The lowest BCUT2D eigenvalue weighted by molar-refractivity contribution is 0.0747. The number of rotatable bonds is 7. The van der Waals surface area contributed by atoms with Gasteiger partial charge in [0.1, 0.15) is 11.4 Å². The largest absolute Gasteiger partial charge is 0.497 e. The quantitative estimate of drug-likeness (QED) is 0.786. The highest BCUT2D eigenvalue weighted by Gasteiger charge is 2.20. The lowest BCUT2D eigenvalue weighted by atomic mass is 10.1. The van der Waals surface area contributed by atoms with Gasteiger partial charge in [-0.25, -0.2) is 0 Å². The molecule has 0 N–H and O–H groups in total. The summed E-state index contributed by atoms with van der Waals surface area (Å²) in [4.78, 5) is 14.6. The molecular formula is C17H23N3O3. The summed E-state index contributed by atoms with van der Waals surface area (Å²) in [7, 11) is 5.03. The van der Waals surface area contributed by atoms with E-state index in [1.165, 1.54) is 0 Å². The molecule has 0 spiro atoms. The molecule has 0 aliphatic heterocycles. The first-order valence-corrected chi connectivity index (χ1v) is 7.52. The number of amides is 1. The Morgan fingerprint density at radius 3 is 2.52 bits per heavy atom. The van der Waals surface area contributed by atoms with Crippen LogP contribution in [0.3, 0.4) is 0 Å². The van der Waals surface area contributed by atoms with Crippen LogP contribution in [0.4, 0.5) is 0 Å². The molecule has 0 atom stereocenters. The summed E-state index contributed by atoms with van der Waals surface area (Å²) in [5.41, 5.74) is 2.30. The lowest BCUT2D eigenvalue weighted by Gasteiger charge is -2.21. The van der Waals surface area contributed by atoms with E-state index < -0.39 is 0 Å². The van der Waals surface area contributed by atoms with Crippen LogP contribution in [0.15, 0.2) is 30.5 Å². The molecule has 0 bridgehead atoms. The van der Waals surface area contributed by atoms with E-state index in [0.29, 0.717) is 31.0 Å². The third-order valence-corrected chi connectivity index (χ3v) is 3.62. The van der Waals surface area contributed by atoms with Crippen LogP contribution < -0.4 is 4.74 Å². The number of methoxy groups -OCH3 is 2. The summed E-state index contributed by atoms with van der Waals surface area (Å²) in [6.07, 6.45) is 1.74. The van der Waals surface area contributed by atoms with Gasteiger partial charge in [-0.1, -0.05) is 12.1 Å². The van der Waals surface area contributed by atoms with E-state index >= 15 is 0 Å². The Labute approximate surface area is 136 Å². The number of hydrogen-bond acceptors (Lipinski definition) is 4. The predicted octanol–water partition coefficient (Wildman–Crippen LogP) is 2.24. The molecule has 6 nitrogen and oxygen atoms in total. The molecule has 0 radical (unpaired) electrons. The van der Waals surface area contributed by atoms with Gasteiger partial charge in [0.05, 0.1) is 19.3 Å². The first kappa shape index (κ1) is 17.0. The van der Waals surface area contributed by atoms with E-state index in [4.69, 9.17) is 9.47 Å². The van der Waals surface area contributed by atoms with Gasteiger partial charge in [0, 0.05) is 33.4 Å². The first-order valence-electron chi connectivity index (χ1n) is 7.52. The number of ether oxygens (including phenoxy) is 2. The van der Waals surface area contributed by atoms with Crippen molar-refractivity contribution in [3.8, 4) is 5.75 Å². The summed E-state index contributed by atoms with van der Waals surface area (Å²) in [5.74, 6) is 0.765. The maximum atomic E-state index is 12.8. The number of benzene rings is 1. The SMILES string of the molecule is CCN(Cc1ccc(OC)cc1)C(=O)c1cn(C)nc1COC. The molecule has 1 heterocycles. The number of aromatic nitrogens is 2. The highest BCUT2D eigenvalue weighted by atomic mass is 16.5. The van der Waals surface area contributed by atoms with Gasteiger partial charge >= 0.3 is 0 Å². The fourth-order valence-corrected chi connectivity index (χ4v) is 2.41. The highest BCUT2D eigenvalue weighted by Crippen LogP contribution is 2.16.